The van der Waals surface area contributed by atoms with E-state index in [1.807, 2.05) is 26.0 Å². The molecule has 1 aromatic carbocycles. The van der Waals surface area contributed by atoms with Gasteiger partial charge in [-0.3, -0.25) is 4.79 Å². The van der Waals surface area contributed by atoms with Crippen LogP contribution in [0.2, 0.25) is 0 Å². The van der Waals surface area contributed by atoms with Crippen molar-refractivity contribution in [3.05, 3.63) is 34.4 Å². The molecule has 3 heteroatoms. The first kappa shape index (κ1) is 11.7. The van der Waals surface area contributed by atoms with Crippen LogP contribution in [0, 0.1) is 25.2 Å². The van der Waals surface area contributed by atoms with E-state index in [2.05, 4.69) is 6.07 Å². The second-order valence-corrected chi connectivity index (χ2v) is 4.93. The van der Waals surface area contributed by atoms with E-state index < -0.39 is 5.97 Å². The number of nitriles is 1. The molecule has 1 saturated carbocycles. The Morgan fingerprint density at radius 3 is 2.59 bits per heavy atom. The van der Waals surface area contributed by atoms with Crippen molar-refractivity contribution in [3.63, 3.8) is 0 Å². The SMILES string of the molecule is Cc1cc(C2(CC(=O)O)CC2)cc(C#N)c1C. The van der Waals surface area contributed by atoms with Crippen molar-refractivity contribution >= 4 is 5.97 Å². The molecule has 1 fully saturated rings. The predicted octanol–water partition coefficient (Wildman–Crippen LogP) is 2.68. The molecular weight excluding hydrogens is 214 g/mol. The first-order valence-corrected chi connectivity index (χ1v) is 5.72. The summed E-state index contributed by atoms with van der Waals surface area (Å²) in [6.45, 7) is 3.89. The molecule has 1 N–H and O–H groups in total. The molecule has 0 saturated heterocycles. The Balaban J connectivity index is 2.44. The van der Waals surface area contributed by atoms with Crippen molar-refractivity contribution in [2.75, 3.05) is 0 Å². The molecule has 0 radical (unpaired) electrons. The summed E-state index contributed by atoms with van der Waals surface area (Å²) in [6.07, 6.45) is 1.99. The van der Waals surface area contributed by atoms with E-state index in [4.69, 9.17) is 10.4 Å². The highest BCUT2D eigenvalue weighted by molar-refractivity contribution is 5.70. The highest BCUT2D eigenvalue weighted by atomic mass is 16.4. The van der Waals surface area contributed by atoms with Gasteiger partial charge in [0.15, 0.2) is 0 Å². The fourth-order valence-corrected chi connectivity index (χ4v) is 2.29. The van der Waals surface area contributed by atoms with Crippen molar-refractivity contribution < 1.29 is 9.90 Å². The quantitative estimate of drug-likeness (QED) is 0.866. The van der Waals surface area contributed by atoms with Gasteiger partial charge < -0.3 is 5.11 Å². The average Bonchev–Trinajstić information content (AvgIpc) is 3.01. The van der Waals surface area contributed by atoms with Gasteiger partial charge in [-0.25, -0.2) is 0 Å². The normalized spacial score (nSPS) is 16.3. The van der Waals surface area contributed by atoms with Crippen LogP contribution in [0.1, 0.15) is 41.5 Å². The van der Waals surface area contributed by atoms with Crippen molar-refractivity contribution in [3.8, 4) is 6.07 Å². The van der Waals surface area contributed by atoms with E-state index in [9.17, 15) is 4.79 Å². The molecular formula is C14H15NO2. The Labute approximate surface area is 101 Å². The smallest absolute Gasteiger partial charge is 0.304 e. The number of aryl methyl sites for hydroxylation is 1. The molecule has 0 aromatic heterocycles. The maximum atomic E-state index is 10.9. The standard InChI is InChI=1S/C14H15NO2/c1-9-5-12(6-11(8-15)10(9)2)14(3-4-14)7-13(16)17/h5-6H,3-4,7H2,1-2H3,(H,16,17). The highest BCUT2D eigenvalue weighted by Gasteiger charge is 2.46. The molecule has 17 heavy (non-hydrogen) atoms. The minimum absolute atomic E-state index is 0.167. The molecule has 0 atom stereocenters. The van der Waals surface area contributed by atoms with Crippen LogP contribution in [-0.4, -0.2) is 11.1 Å². The van der Waals surface area contributed by atoms with Gasteiger partial charge in [0.2, 0.25) is 0 Å². The fourth-order valence-electron chi connectivity index (χ4n) is 2.29. The van der Waals surface area contributed by atoms with Crippen molar-refractivity contribution in [1.29, 1.82) is 5.26 Å². The van der Waals surface area contributed by atoms with Crippen LogP contribution in [-0.2, 0) is 10.2 Å². The highest BCUT2D eigenvalue weighted by Crippen LogP contribution is 2.51. The number of carboxylic acids is 1. The van der Waals surface area contributed by atoms with Crippen molar-refractivity contribution in [2.45, 2.75) is 38.5 Å². The van der Waals surface area contributed by atoms with E-state index in [-0.39, 0.29) is 11.8 Å². The maximum absolute atomic E-state index is 10.9. The third-order valence-electron chi connectivity index (χ3n) is 3.74. The predicted molar refractivity (Wildman–Crippen MR) is 63.8 cm³/mol. The summed E-state index contributed by atoms with van der Waals surface area (Å²) in [5.74, 6) is -0.765. The van der Waals surface area contributed by atoms with E-state index in [1.165, 1.54) is 0 Å². The lowest BCUT2D eigenvalue weighted by atomic mass is 9.88. The summed E-state index contributed by atoms with van der Waals surface area (Å²) in [7, 11) is 0. The zero-order valence-corrected chi connectivity index (χ0v) is 10.1. The summed E-state index contributed by atoms with van der Waals surface area (Å²) < 4.78 is 0. The van der Waals surface area contributed by atoms with Crippen molar-refractivity contribution in [1.82, 2.24) is 0 Å². The second-order valence-electron chi connectivity index (χ2n) is 4.93. The molecule has 1 aromatic rings. The Kier molecular flexibility index (Phi) is 2.66. The lowest BCUT2D eigenvalue weighted by molar-refractivity contribution is -0.137. The van der Waals surface area contributed by atoms with Gasteiger partial charge >= 0.3 is 5.97 Å². The molecule has 0 amide bonds. The molecule has 88 valence electrons. The van der Waals surface area contributed by atoms with E-state index in [0.717, 1.165) is 29.5 Å². The van der Waals surface area contributed by atoms with Crippen LogP contribution in [0.3, 0.4) is 0 Å². The van der Waals surface area contributed by atoms with Crippen LogP contribution < -0.4 is 0 Å². The molecule has 0 heterocycles. The molecule has 0 bridgehead atoms. The molecule has 2 rings (SSSR count). The van der Waals surface area contributed by atoms with Gasteiger partial charge in [-0.1, -0.05) is 6.07 Å². The zero-order valence-electron chi connectivity index (χ0n) is 10.1. The molecule has 1 aliphatic carbocycles. The summed E-state index contributed by atoms with van der Waals surface area (Å²) in [6, 6.07) is 6.08. The zero-order chi connectivity index (χ0) is 12.6. The van der Waals surface area contributed by atoms with Gasteiger partial charge in [-0.05, 0) is 49.4 Å². The number of nitrogens with zero attached hydrogens (tertiary/aromatic N) is 1. The first-order valence-electron chi connectivity index (χ1n) is 5.72. The summed E-state index contributed by atoms with van der Waals surface area (Å²) in [5, 5.41) is 18.0. The van der Waals surface area contributed by atoms with Gasteiger partial charge in [-0.15, -0.1) is 0 Å². The van der Waals surface area contributed by atoms with Crippen LogP contribution in [0.25, 0.3) is 0 Å². The molecule has 0 unspecified atom stereocenters. The maximum Gasteiger partial charge on any atom is 0.304 e. The van der Waals surface area contributed by atoms with Crippen LogP contribution in [0.15, 0.2) is 12.1 Å². The lowest BCUT2D eigenvalue weighted by Crippen LogP contribution is -2.13. The van der Waals surface area contributed by atoms with Crippen molar-refractivity contribution in [2.24, 2.45) is 0 Å². The minimum atomic E-state index is -0.765. The number of carbonyl (C=O) groups is 1. The first-order chi connectivity index (χ1) is 7.98. The summed E-state index contributed by atoms with van der Waals surface area (Å²) in [5.41, 5.74) is 3.52. The number of benzene rings is 1. The number of aliphatic carboxylic acids is 1. The largest absolute Gasteiger partial charge is 0.481 e. The summed E-state index contributed by atoms with van der Waals surface area (Å²) >= 11 is 0. The summed E-state index contributed by atoms with van der Waals surface area (Å²) in [4.78, 5) is 10.9. The number of hydrogen-bond donors (Lipinski definition) is 1. The molecule has 1 aliphatic rings. The average molecular weight is 229 g/mol. The second kappa shape index (κ2) is 3.89. The molecule has 0 aliphatic heterocycles. The van der Waals surface area contributed by atoms with Gasteiger partial charge in [0, 0.05) is 5.41 Å². The van der Waals surface area contributed by atoms with Crippen LogP contribution >= 0.6 is 0 Å². The Bertz CT molecular complexity index is 522. The monoisotopic (exact) mass is 229 g/mol. The Hall–Kier alpha value is -1.82. The van der Waals surface area contributed by atoms with Crippen LogP contribution in [0.4, 0.5) is 0 Å². The Morgan fingerprint density at radius 1 is 1.47 bits per heavy atom. The third kappa shape index (κ3) is 2.03. The van der Waals surface area contributed by atoms with E-state index >= 15 is 0 Å². The number of rotatable bonds is 3. The molecule has 0 spiro atoms. The van der Waals surface area contributed by atoms with Gasteiger partial charge in [-0.2, -0.15) is 5.26 Å². The number of carboxylic acid groups (broad SMARTS) is 1. The van der Waals surface area contributed by atoms with E-state index in [1.54, 1.807) is 0 Å². The lowest BCUT2D eigenvalue weighted by Gasteiger charge is -2.15. The fraction of sp³-hybridized carbons (Fsp3) is 0.429. The molecule has 3 nitrogen and oxygen atoms in total. The van der Waals surface area contributed by atoms with Gasteiger partial charge in [0.1, 0.15) is 0 Å². The van der Waals surface area contributed by atoms with Gasteiger partial charge in [0.05, 0.1) is 18.1 Å². The van der Waals surface area contributed by atoms with Crippen LogP contribution in [0.5, 0.6) is 0 Å². The third-order valence-corrected chi connectivity index (χ3v) is 3.74. The minimum Gasteiger partial charge on any atom is -0.481 e. The number of hydrogen-bond acceptors (Lipinski definition) is 2. The Morgan fingerprint density at radius 2 is 2.12 bits per heavy atom. The topological polar surface area (TPSA) is 61.1 Å². The van der Waals surface area contributed by atoms with Gasteiger partial charge in [0.25, 0.3) is 0 Å². The van der Waals surface area contributed by atoms with E-state index in [0.29, 0.717) is 5.56 Å².